The van der Waals surface area contributed by atoms with E-state index in [-0.39, 0.29) is 18.0 Å². The number of rotatable bonds is 8. The average Bonchev–Trinajstić information content (AvgIpc) is 2.96. The summed E-state index contributed by atoms with van der Waals surface area (Å²) in [6, 6.07) is 19.6. The van der Waals surface area contributed by atoms with Crippen LogP contribution in [0.2, 0.25) is 0 Å². The van der Waals surface area contributed by atoms with Crippen molar-refractivity contribution in [3.63, 3.8) is 0 Å². The molecule has 4 rings (SSSR count). The Morgan fingerprint density at radius 2 is 1.29 bits per heavy atom. The maximum Gasteiger partial charge on any atom is 0.331 e. The molecule has 0 radical (unpaired) electrons. The van der Waals surface area contributed by atoms with Gasteiger partial charge in [0.1, 0.15) is 6.10 Å². The van der Waals surface area contributed by atoms with Gasteiger partial charge in [-0.05, 0) is 90.4 Å². The molecule has 4 nitrogen and oxygen atoms in total. The highest BCUT2D eigenvalue weighted by molar-refractivity contribution is 5.92. The fourth-order valence-corrected chi connectivity index (χ4v) is 6.78. The van der Waals surface area contributed by atoms with Gasteiger partial charge in [-0.3, -0.25) is 0 Å². The van der Waals surface area contributed by atoms with E-state index >= 15 is 0 Å². The predicted octanol–water partition coefficient (Wildman–Crippen LogP) is 9.57. The fourth-order valence-electron chi connectivity index (χ4n) is 6.78. The second-order valence-corrected chi connectivity index (χ2v) is 13.3. The van der Waals surface area contributed by atoms with E-state index in [0.717, 1.165) is 30.4 Å². The molecule has 228 valence electrons. The molecule has 1 N–H and O–H groups in total. The molecule has 0 amide bonds. The number of benzene rings is 2. The Labute approximate surface area is 254 Å². The van der Waals surface area contributed by atoms with E-state index < -0.39 is 5.97 Å². The number of hydrogen-bond acceptors (Lipinski definition) is 3. The summed E-state index contributed by atoms with van der Waals surface area (Å²) < 4.78 is 5.73. The summed E-state index contributed by atoms with van der Waals surface area (Å²) in [6.07, 6.45) is 12.1. The third-order valence-corrected chi connectivity index (χ3v) is 9.23. The minimum atomic E-state index is -0.761. The van der Waals surface area contributed by atoms with Crippen LogP contribution in [-0.2, 0) is 14.3 Å². The van der Waals surface area contributed by atoms with E-state index in [1.807, 2.05) is 72.8 Å². The maximum atomic E-state index is 12.1. The molecule has 0 spiro atoms. The van der Waals surface area contributed by atoms with Crippen molar-refractivity contribution in [3.8, 4) is 0 Å². The molecular weight excluding hydrogens is 520 g/mol. The molecule has 4 heteroatoms. The van der Waals surface area contributed by atoms with Crippen LogP contribution >= 0.6 is 0 Å². The molecule has 0 saturated heterocycles. The van der Waals surface area contributed by atoms with Gasteiger partial charge in [0.2, 0.25) is 0 Å². The minimum absolute atomic E-state index is 0.0710. The Morgan fingerprint density at radius 3 is 1.83 bits per heavy atom. The van der Waals surface area contributed by atoms with Gasteiger partial charge in [-0.25, -0.2) is 9.59 Å². The molecule has 42 heavy (non-hydrogen) atoms. The van der Waals surface area contributed by atoms with Gasteiger partial charge >= 0.3 is 11.9 Å². The van der Waals surface area contributed by atoms with Gasteiger partial charge in [0.25, 0.3) is 0 Å². The van der Waals surface area contributed by atoms with Crippen molar-refractivity contribution >= 4 is 24.1 Å². The summed E-state index contributed by atoms with van der Waals surface area (Å²) in [5.74, 6) is 2.52. The van der Waals surface area contributed by atoms with Crippen LogP contribution in [0.25, 0.3) is 12.2 Å². The van der Waals surface area contributed by atoms with Gasteiger partial charge in [-0.15, -0.1) is 0 Å². The molecule has 0 aliphatic heterocycles. The summed E-state index contributed by atoms with van der Waals surface area (Å²) in [4.78, 5) is 23.9. The van der Waals surface area contributed by atoms with E-state index in [0.29, 0.717) is 41.1 Å². The molecule has 3 unspecified atom stereocenters. The highest BCUT2D eigenvalue weighted by Gasteiger charge is 2.35. The SMILES string of the molecule is CC(C)[C@@H]1CC[C@@H](C)C[C@H]1/C(=C\c1ccccc1)C(=O)O.CC1CCC(C(C)C)C(OC(=O)C=Cc2ccccc2)C1. The van der Waals surface area contributed by atoms with Crippen LogP contribution in [0.15, 0.2) is 72.3 Å². The number of carbonyl (C=O) groups excluding carboxylic acids is 1. The molecule has 2 aromatic carbocycles. The van der Waals surface area contributed by atoms with Crippen LogP contribution in [-0.4, -0.2) is 23.1 Å². The Morgan fingerprint density at radius 1 is 0.762 bits per heavy atom. The van der Waals surface area contributed by atoms with Gasteiger partial charge in [-0.1, -0.05) is 115 Å². The fraction of sp³-hybridized carbons (Fsp3) is 0.526. The Hall–Kier alpha value is -3.14. The third kappa shape index (κ3) is 10.3. The summed E-state index contributed by atoms with van der Waals surface area (Å²) >= 11 is 0. The number of esters is 1. The Bertz CT molecular complexity index is 1160. The van der Waals surface area contributed by atoms with Crippen molar-refractivity contribution in [3.05, 3.63) is 83.4 Å². The van der Waals surface area contributed by atoms with Crippen molar-refractivity contribution in [2.45, 2.75) is 86.2 Å². The smallest absolute Gasteiger partial charge is 0.331 e. The van der Waals surface area contributed by atoms with Crippen LogP contribution in [0.5, 0.6) is 0 Å². The first-order valence-electron chi connectivity index (χ1n) is 16.0. The maximum absolute atomic E-state index is 12.1. The Kier molecular flexibility index (Phi) is 13.1. The van der Waals surface area contributed by atoms with Crippen molar-refractivity contribution in [2.75, 3.05) is 0 Å². The van der Waals surface area contributed by atoms with Crippen LogP contribution < -0.4 is 0 Å². The average molecular weight is 573 g/mol. The lowest BCUT2D eigenvalue weighted by Crippen LogP contribution is -2.35. The molecule has 0 aromatic heterocycles. The highest BCUT2D eigenvalue weighted by atomic mass is 16.5. The van der Waals surface area contributed by atoms with Crippen LogP contribution in [0.4, 0.5) is 0 Å². The molecule has 2 aromatic rings. The molecule has 0 heterocycles. The first-order chi connectivity index (χ1) is 20.0. The zero-order valence-electron chi connectivity index (χ0n) is 26.5. The first-order valence-corrected chi connectivity index (χ1v) is 16.0. The number of hydrogen-bond donors (Lipinski definition) is 1. The van der Waals surface area contributed by atoms with Crippen molar-refractivity contribution in [1.29, 1.82) is 0 Å². The van der Waals surface area contributed by atoms with Gasteiger partial charge in [-0.2, -0.15) is 0 Å². The number of aliphatic carboxylic acids is 1. The van der Waals surface area contributed by atoms with E-state index in [2.05, 4.69) is 41.5 Å². The van der Waals surface area contributed by atoms with E-state index in [4.69, 9.17) is 4.74 Å². The van der Waals surface area contributed by atoms with Gasteiger partial charge in [0.05, 0.1) is 0 Å². The molecule has 2 aliphatic rings. The quantitative estimate of drug-likeness (QED) is 0.253. The molecule has 2 aliphatic carbocycles. The zero-order chi connectivity index (χ0) is 30.6. The first kappa shape index (κ1) is 33.4. The normalized spacial score (nSPS) is 26.5. The lowest BCUT2D eigenvalue weighted by Gasteiger charge is -2.37. The second-order valence-electron chi connectivity index (χ2n) is 13.3. The number of carboxylic acids is 1. The highest BCUT2D eigenvalue weighted by Crippen LogP contribution is 2.42. The number of carbonyl (C=O) groups is 2. The minimum Gasteiger partial charge on any atom is -0.478 e. The van der Waals surface area contributed by atoms with Crippen LogP contribution in [0.1, 0.15) is 91.2 Å². The predicted molar refractivity (Wildman–Crippen MR) is 174 cm³/mol. The summed E-state index contributed by atoms with van der Waals surface area (Å²) in [5, 5.41) is 9.70. The van der Waals surface area contributed by atoms with E-state index in [1.54, 1.807) is 6.08 Å². The van der Waals surface area contributed by atoms with Crippen LogP contribution in [0.3, 0.4) is 0 Å². The van der Waals surface area contributed by atoms with Crippen molar-refractivity contribution in [1.82, 2.24) is 0 Å². The van der Waals surface area contributed by atoms with E-state index in [9.17, 15) is 14.7 Å². The molecular formula is C38H52O4. The van der Waals surface area contributed by atoms with Crippen molar-refractivity contribution in [2.24, 2.45) is 41.4 Å². The van der Waals surface area contributed by atoms with E-state index in [1.165, 1.54) is 19.3 Å². The lowest BCUT2D eigenvalue weighted by molar-refractivity contribution is -0.149. The summed E-state index contributed by atoms with van der Waals surface area (Å²) in [7, 11) is 0. The molecule has 2 fully saturated rings. The lowest BCUT2D eigenvalue weighted by atomic mass is 9.67. The topological polar surface area (TPSA) is 63.6 Å². The molecule has 6 atom stereocenters. The summed E-state index contributed by atoms with van der Waals surface area (Å²) in [5.41, 5.74) is 2.59. The zero-order valence-corrected chi connectivity index (χ0v) is 26.5. The van der Waals surface area contributed by atoms with Gasteiger partial charge in [0.15, 0.2) is 0 Å². The van der Waals surface area contributed by atoms with Crippen LogP contribution in [0, 0.1) is 41.4 Å². The molecule has 2 saturated carbocycles. The number of carboxylic acid groups (broad SMARTS) is 1. The largest absolute Gasteiger partial charge is 0.478 e. The number of ether oxygens (including phenoxy) is 1. The van der Waals surface area contributed by atoms with Crippen molar-refractivity contribution < 1.29 is 19.4 Å². The second kappa shape index (κ2) is 16.5. The molecule has 0 bridgehead atoms. The Balaban J connectivity index is 0.000000230. The van der Waals surface area contributed by atoms with Gasteiger partial charge in [0, 0.05) is 11.6 Å². The van der Waals surface area contributed by atoms with Gasteiger partial charge < -0.3 is 9.84 Å². The standard InChI is InChI=1S/2C19H26O2/c1-14(2)17-11-9-15(3)13-18(17)21-19(20)12-10-16-7-5-4-6-8-16;1-13(2)16-10-9-14(3)11-17(16)18(19(20)21)12-15-7-5-4-6-8-15/h4-8,10,12,14-15,17-18H,9,11,13H2,1-3H3;4-8,12-14,16-17H,9-11H2,1-3H3,(H,20,21)/b;18-12+/t;14-,16+,17-/m.1/s1. The monoisotopic (exact) mass is 572 g/mol. The summed E-state index contributed by atoms with van der Waals surface area (Å²) in [6.45, 7) is 13.4. The third-order valence-electron chi connectivity index (χ3n) is 9.23.